The Hall–Kier alpha value is -4.41. The third-order valence-corrected chi connectivity index (χ3v) is 3.03. The van der Waals surface area contributed by atoms with Gasteiger partial charge < -0.3 is 15.9 Å². The fourth-order valence-electron chi connectivity index (χ4n) is 1.60. The van der Waals surface area contributed by atoms with Crippen molar-refractivity contribution in [2.45, 2.75) is 0 Å². The molecule has 11 heteroatoms. The summed E-state index contributed by atoms with van der Waals surface area (Å²) in [6.45, 7) is 0. The SMILES string of the molecule is Nc1ccc[nH+]c1N.O=[N+]([O-])c1ccc(O)cc1.O=[N+]([O-])c1ccc([O-])cc1. The number of nitro groups is 2. The molecule has 0 aliphatic carbocycles. The van der Waals surface area contributed by atoms with E-state index in [1.807, 2.05) is 0 Å². The minimum absolute atomic E-state index is 0.0159. The highest BCUT2D eigenvalue weighted by Gasteiger charge is 2.01. The van der Waals surface area contributed by atoms with Crippen LogP contribution in [-0.2, 0) is 0 Å². The Morgan fingerprint density at radius 2 is 1.29 bits per heavy atom. The van der Waals surface area contributed by atoms with Crippen LogP contribution in [-0.4, -0.2) is 15.0 Å². The van der Waals surface area contributed by atoms with Crippen molar-refractivity contribution in [2.75, 3.05) is 11.5 Å². The predicted molar refractivity (Wildman–Crippen MR) is 99.1 cm³/mol. The van der Waals surface area contributed by atoms with Crippen LogP contribution in [0.3, 0.4) is 0 Å². The van der Waals surface area contributed by atoms with Crippen molar-refractivity contribution in [3.63, 3.8) is 0 Å². The van der Waals surface area contributed by atoms with E-state index in [1.165, 1.54) is 36.4 Å². The van der Waals surface area contributed by atoms with Gasteiger partial charge in [-0.15, -0.1) is 5.75 Å². The van der Waals surface area contributed by atoms with Crippen LogP contribution >= 0.6 is 0 Å². The Morgan fingerprint density at radius 3 is 1.64 bits per heavy atom. The van der Waals surface area contributed by atoms with E-state index in [4.69, 9.17) is 16.6 Å². The first kappa shape index (κ1) is 21.6. The monoisotopic (exact) mass is 387 g/mol. The van der Waals surface area contributed by atoms with Gasteiger partial charge in [0.2, 0.25) is 0 Å². The maximum atomic E-state index is 10.4. The number of pyridine rings is 1. The molecule has 0 saturated heterocycles. The third-order valence-electron chi connectivity index (χ3n) is 3.03. The van der Waals surface area contributed by atoms with Gasteiger partial charge in [0.15, 0.2) is 0 Å². The molecule has 0 bridgehead atoms. The largest absolute Gasteiger partial charge is 0.872 e. The number of anilines is 2. The highest BCUT2D eigenvalue weighted by Crippen LogP contribution is 2.15. The van der Waals surface area contributed by atoms with E-state index in [-0.39, 0.29) is 22.9 Å². The second-order valence-electron chi connectivity index (χ2n) is 5.06. The van der Waals surface area contributed by atoms with Gasteiger partial charge in [-0.3, -0.25) is 26.0 Å². The van der Waals surface area contributed by atoms with Crippen LogP contribution in [0, 0.1) is 20.2 Å². The van der Waals surface area contributed by atoms with Gasteiger partial charge in [-0.1, -0.05) is 12.1 Å². The van der Waals surface area contributed by atoms with Crippen LogP contribution < -0.4 is 21.6 Å². The number of hydrogen-bond donors (Lipinski definition) is 3. The standard InChI is InChI=1S/2C6H5NO3.C5H7N3/c2*8-6-3-1-5(2-4-6)7(9)10;6-4-2-1-3-8-5(4)7/h2*1-4,8H;1-3H,6H2,(H2,7,8). The molecule has 0 fully saturated rings. The predicted octanol–water partition coefficient (Wildman–Crippen LogP) is 1.63. The number of aromatic nitrogens is 1. The number of H-pyrrole nitrogens is 1. The lowest BCUT2D eigenvalue weighted by Gasteiger charge is -2.00. The van der Waals surface area contributed by atoms with E-state index < -0.39 is 9.85 Å². The number of phenols is 1. The third kappa shape index (κ3) is 7.65. The highest BCUT2D eigenvalue weighted by molar-refractivity contribution is 5.52. The van der Waals surface area contributed by atoms with E-state index in [2.05, 4.69) is 4.98 Å². The first-order chi connectivity index (χ1) is 13.2. The number of nitrogens with two attached hydrogens (primary N) is 2. The second kappa shape index (κ2) is 10.6. The highest BCUT2D eigenvalue weighted by atomic mass is 16.6. The summed E-state index contributed by atoms with van der Waals surface area (Å²) >= 11 is 0. The molecule has 11 nitrogen and oxygen atoms in total. The van der Waals surface area contributed by atoms with Gasteiger partial charge in [0.1, 0.15) is 11.4 Å². The Balaban J connectivity index is 0.000000212. The zero-order valence-corrected chi connectivity index (χ0v) is 14.4. The van der Waals surface area contributed by atoms with Gasteiger partial charge in [-0.05, 0) is 24.3 Å². The molecule has 0 radical (unpaired) electrons. The number of phenolic OH excluding ortho intramolecular Hbond substituents is 1. The van der Waals surface area contributed by atoms with Crippen LogP contribution in [0.5, 0.6) is 11.5 Å². The van der Waals surface area contributed by atoms with Crippen molar-refractivity contribution in [3.05, 3.63) is 87.1 Å². The summed E-state index contributed by atoms with van der Waals surface area (Å²) in [5, 5.41) is 39.2. The Kier molecular flexibility index (Phi) is 8.15. The number of hydrogen-bond acceptors (Lipinski definition) is 8. The minimum Gasteiger partial charge on any atom is -0.872 e. The summed E-state index contributed by atoms with van der Waals surface area (Å²) < 4.78 is 0. The van der Waals surface area contributed by atoms with Crippen molar-refractivity contribution in [1.29, 1.82) is 0 Å². The smallest absolute Gasteiger partial charge is 0.293 e. The maximum Gasteiger partial charge on any atom is 0.293 e. The molecule has 0 spiro atoms. The molecule has 0 unspecified atom stereocenters. The molecule has 1 aromatic heterocycles. The van der Waals surface area contributed by atoms with Crippen molar-refractivity contribution in [3.8, 4) is 11.5 Å². The molecule has 28 heavy (non-hydrogen) atoms. The summed E-state index contributed by atoms with van der Waals surface area (Å²) in [6.07, 6.45) is 1.73. The van der Waals surface area contributed by atoms with Crippen LogP contribution in [0.25, 0.3) is 0 Å². The number of rotatable bonds is 2. The van der Waals surface area contributed by atoms with Crippen LogP contribution in [0.2, 0.25) is 0 Å². The number of aromatic hydroxyl groups is 1. The number of nitrogen functional groups attached to an aromatic ring is 2. The number of nitrogens with one attached hydrogen (secondary N) is 1. The quantitative estimate of drug-likeness (QED) is 0.435. The van der Waals surface area contributed by atoms with Gasteiger partial charge in [-0.2, -0.15) is 0 Å². The number of nitrogens with zero attached hydrogens (tertiary/aromatic N) is 2. The number of non-ortho nitro benzene ring substituents is 2. The Bertz CT molecular complexity index is 840. The van der Waals surface area contributed by atoms with Gasteiger partial charge >= 0.3 is 0 Å². The molecule has 0 aliphatic heterocycles. The average Bonchev–Trinajstić information content (AvgIpc) is 2.66. The molecular weight excluding hydrogens is 370 g/mol. The molecule has 6 N–H and O–H groups in total. The fourth-order valence-corrected chi connectivity index (χ4v) is 1.60. The lowest BCUT2D eigenvalue weighted by atomic mass is 10.3. The Labute approximate surface area is 158 Å². The number of nitro benzene ring substituents is 2. The summed E-state index contributed by atoms with van der Waals surface area (Å²) in [6, 6.07) is 13.3. The van der Waals surface area contributed by atoms with E-state index in [9.17, 15) is 25.3 Å². The zero-order valence-electron chi connectivity index (χ0n) is 14.4. The molecule has 146 valence electrons. The first-order valence-corrected chi connectivity index (χ1v) is 7.57. The van der Waals surface area contributed by atoms with Gasteiger partial charge in [0.25, 0.3) is 17.2 Å². The van der Waals surface area contributed by atoms with Gasteiger partial charge in [0, 0.05) is 24.3 Å². The summed E-state index contributed by atoms with van der Waals surface area (Å²) in [4.78, 5) is 21.7. The maximum absolute atomic E-state index is 10.4. The van der Waals surface area contributed by atoms with Gasteiger partial charge in [0.05, 0.1) is 16.0 Å². The molecule has 0 amide bonds. The fraction of sp³-hybridized carbons (Fsp3) is 0. The summed E-state index contributed by atoms with van der Waals surface area (Å²) in [5.74, 6) is 0.337. The molecule has 3 rings (SSSR count). The summed E-state index contributed by atoms with van der Waals surface area (Å²) in [7, 11) is 0. The summed E-state index contributed by atoms with van der Waals surface area (Å²) in [5.41, 5.74) is 11.2. The lowest BCUT2D eigenvalue weighted by molar-refractivity contribution is -0.385. The van der Waals surface area contributed by atoms with Crippen molar-refractivity contribution >= 4 is 22.9 Å². The second-order valence-corrected chi connectivity index (χ2v) is 5.06. The molecular formula is C17H17N5O6. The lowest BCUT2D eigenvalue weighted by Crippen LogP contribution is -2.11. The number of benzene rings is 2. The van der Waals surface area contributed by atoms with Crippen LogP contribution in [0.15, 0.2) is 66.9 Å². The van der Waals surface area contributed by atoms with E-state index in [0.717, 1.165) is 12.1 Å². The minimum atomic E-state index is -0.542. The van der Waals surface area contributed by atoms with E-state index >= 15 is 0 Å². The zero-order chi connectivity index (χ0) is 21.1. The normalized spacial score (nSPS) is 9.14. The van der Waals surface area contributed by atoms with E-state index in [1.54, 1.807) is 18.3 Å². The van der Waals surface area contributed by atoms with Crippen molar-refractivity contribution < 1.29 is 25.0 Å². The Morgan fingerprint density at radius 1 is 0.821 bits per heavy atom. The van der Waals surface area contributed by atoms with Crippen LogP contribution in [0.4, 0.5) is 22.9 Å². The molecule has 2 aromatic carbocycles. The van der Waals surface area contributed by atoms with Gasteiger partial charge in [-0.25, -0.2) is 4.98 Å². The molecule has 1 heterocycles. The first-order valence-electron chi connectivity index (χ1n) is 7.57. The number of aromatic amines is 1. The molecule has 0 aliphatic rings. The van der Waals surface area contributed by atoms with Crippen molar-refractivity contribution in [1.82, 2.24) is 0 Å². The van der Waals surface area contributed by atoms with Crippen molar-refractivity contribution in [2.24, 2.45) is 0 Å². The molecule has 3 aromatic rings. The topological polar surface area (TPSA) is 196 Å². The van der Waals surface area contributed by atoms with Crippen LogP contribution in [0.1, 0.15) is 0 Å². The average molecular weight is 387 g/mol. The molecule has 0 atom stereocenters. The van der Waals surface area contributed by atoms with E-state index in [0.29, 0.717) is 11.5 Å². The molecule has 0 saturated carbocycles.